The summed E-state index contributed by atoms with van der Waals surface area (Å²) in [5, 5.41) is 5.27. The first kappa shape index (κ1) is 10.5. The topological polar surface area (TPSA) is 67.4 Å². The highest BCUT2D eigenvalue weighted by molar-refractivity contribution is 5.71. The smallest absolute Gasteiger partial charge is 0.407 e. The van der Waals surface area contributed by atoms with Gasteiger partial charge in [-0.1, -0.05) is 12.1 Å². The van der Waals surface area contributed by atoms with Gasteiger partial charge < -0.3 is 15.4 Å². The van der Waals surface area contributed by atoms with Gasteiger partial charge in [0.1, 0.15) is 6.61 Å². The molecule has 16 heavy (non-hydrogen) atoms. The third kappa shape index (κ3) is 2.50. The first-order chi connectivity index (χ1) is 7.78. The predicted molar refractivity (Wildman–Crippen MR) is 58.1 cm³/mol. The normalized spacial score (nSPS) is 18.8. The molecule has 0 saturated carbocycles. The summed E-state index contributed by atoms with van der Waals surface area (Å²) in [7, 11) is 0. The van der Waals surface area contributed by atoms with Gasteiger partial charge in [-0.3, -0.25) is 4.79 Å². The molecule has 5 heteroatoms. The summed E-state index contributed by atoms with van der Waals surface area (Å²) in [6, 6.07) is 7.51. The van der Waals surface area contributed by atoms with Gasteiger partial charge in [-0.15, -0.1) is 0 Å². The van der Waals surface area contributed by atoms with Gasteiger partial charge in [-0.2, -0.15) is 0 Å². The Morgan fingerprint density at radius 3 is 2.75 bits per heavy atom. The minimum absolute atomic E-state index is 0.0392. The summed E-state index contributed by atoms with van der Waals surface area (Å²) in [6.45, 7) is 0.410. The summed E-state index contributed by atoms with van der Waals surface area (Å²) in [5.74, 6) is 0. The number of hydrogen-bond acceptors (Lipinski definition) is 3. The Kier molecular flexibility index (Phi) is 3.05. The molecule has 1 aliphatic heterocycles. The van der Waals surface area contributed by atoms with Crippen LogP contribution in [0, 0.1) is 0 Å². The quantitative estimate of drug-likeness (QED) is 0.741. The van der Waals surface area contributed by atoms with Crippen molar-refractivity contribution in [3.05, 3.63) is 29.8 Å². The van der Waals surface area contributed by atoms with Gasteiger partial charge in [0.15, 0.2) is 0 Å². The summed E-state index contributed by atoms with van der Waals surface area (Å²) in [6.07, 6.45) is 1.01. The molecule has 1 aliphatic rings. The largest absolute Gasteiger partial charge is 0.447 e. The van der Waals surface area contributed by atoms with Crippen molar-refractivity contribution >= 4 is 18.2 Å². The zero-order chi connectivity index (χ0) is 11.4. The number of cyclic esters (lactones) is 1. The van der Waals surface area contributed by atoms with E-state index in [1.54, 1.807) is 0 Å². The van der Waals surface area contributed by atoms with Gasteiger partial charge in [0.25, 0.3) is 0 Å². The Hall–Kier alpha value is -2.04. The van der Waals surface area contributed by atoms with Crippen molar-refractivity contribution in [1.29, 1.82) is 0 Å². The van der Waals surface area contributed by atoms with Crippen molar-refractivity contribution in [2.75, 3.05) is 11.9 Å². The molecule has 2 N–H and O–H groups in total. The van der Waals surface area contributed by atoms with Gasteiger partial charge >= 0.3 is 6.09 Å². The van der Waals surface area contributed by atoms with Gasteiger partial charge in [0.2, 0.25) is 6.41 Å². The molecule has 5 nitrogen and oxygen atoms in total. The molecule has 1 atom stereocenters. The van der Waals surface area contributed by atoms with Crippen LogP contribution in [0.3, 0.4) is 0 Å². The predicted octanol–water partition coefficient (Wildman–Crippen LogP) is 0.906. The molecule has 0 aliphatic carbocycles. The lowest BCUT2D eigenvalue weighted by molar-refractivity contribution is -0.105. The van der Waals surface area contributed by atoms with Crippen molar-refractivity contribution < 1.29 is 14.3 Å². The van der Waals surface area contributed by atoms with E-state index in [0.717, 1.165) is 17.7 Å². The molecule has 1 fully saturated rings. The Morgan fingerprint density at radius 2 is 2.19 bits per heavy atom. The summed E-state index contributed by atoms with van der Waals surface area (Å²) >= 11 is 0. The number of carbonyl (C=O) groups excluding carboxylic acids is 2. The van der Waals surface area contributed by atoms with Gasteiger partial charge in [-0.25, -0.2) is 4.79 Å². The number of rotatable bonds is 4. The molecule has 1 aromatic carbocycles. The average molecular weight is 220 g/mol. The minimum Gasteiger partial charge on any atom is -0.447 e. The maximum atomic E-state index is 10.8. The van der Waals surface area contributed by atoms with Crippen LogP contribution in [0.25, 0.3) is 0 Å². The number of ether oxygens (including phenoxy) is 1. The van der Waals surface area contributed by atoms with Gasteiger partial charge in [0, 0.05) is 5.69 Å². The Balaban J connectivity index is 1.94. The fourth-order valence-corrected chi connectivity index (χ4v) is 1.63. The van der Waals surface area contributed by atoms with Crippen LogP contribution >= 0.6 is 0 Å². The van der Waals surface area contributed by atoms with E-state index in [4.69, 9.17) is 4.74 Å². The standard InChI is InChI=1S/C11H12N2O3/c14-7-12-9-3-1-8(2-4-9)5-10-6-16-11(15)13-10/h1-4,7,10H,5-6H2,(H,12,14)(H,13,15). The number of nitrogens with one attached hydrogen (secondary N) is 2. The molecule has 2 amide bonds. The molecule has 84 valence electrons. The van der Waals surface area contributed by atoms with Crippen molar-refractivity contribution in [3.63, 3.8) is 0 Å². The van der Waals surface area contributed by atoms with E-state index in [1.165, 1.54) is 0 Å². The molecular weight excluding hydrogens is 208 g/mol. The Labute approximate surface area is 92.8 Å². The van der Waals surface area contributed by atoms with E-state index in [9.17, 15) is 9.59 Å². The van der Waals surface area contributed by atoms with Crippen LogP contribution in [-0.4, -0.2) is 25.2 Å². The molecule has 1 aromatic rings. The molecular formula is C11H12N2O3. The number of carbonyl (C=O) groups is 2. The molecule has 0 aromatic heterocycles. The highest BCUT2D eigenvalue weighted by Crippen LogP contribution is 2.12. The molecule has 2 rings (SSSR count). The number of alkyl carbamates (subject to hydrolysis) is 1. The minimum atomic E-state index is -0.357. The number of hydrogen-bond donors (Lipinski definition) is 2. The third-order valence-electron chi connectivity index (χ3n) is 2.40. The van der Waals surface area contributed by atoms with Crippen molar-refractivity contribution in [2.24, 2.45) is 0 Å². The maximum Gasteiger partial charge on any atom is 0.407 e. The lowest BCUT2D eigenvalue weighted by Crippen LogP contribution is -2.28. The molecule has 1 unspecified atom stereocenters. The lowest BCUT2D eigenvalue weighted by Gasteiger charge is -2.07. The van der Waals surface area contributed by atoms with E-state index >= 15 is 0 Å². The second kappa shape index (κ2) is 4.65. The first-order valence-corrected chi connectivity index (χ1v) is 5.00. The van der Waals surface area contributed by atoms with Crippen LogP contribution < -0.4 is 10.6 Å². The first-order valence-electron chi connectivity index (χ1n) is 5.00. The summed E-state index contributed by atoms with van der Waals surface area (Å²) < 4.78 is 4.79. The van der Waals surface area contributed by atoms with Crippen LogP contribution in [0.5, 0.6) is 0 Å². The zero-order valence-electron chi connectivity index (χ0n) is 8.60. The van der Waals surface area contributed by atoms with E-state index in [-0.39, 0.29) is 12.1 Å². The van der Waals surface area contributed by atoms with Crippen LogP contribution in [-0.2, 0) is 16.0 Å². The molecule has 0 bridgehead atoms. The van der Waals surface area contributed by atoms with E-state index in [1.807, 2.05) is 24.3 Å². The highest BCUT2D eigenvalue weighted by Gasteiger charge is 2.21. The van der Waals surface area contributed by atoms with Crippen LogP contribution in [0.2, 0.25) is 0 Å². The van der Waals surface area contributed by atoms with Gasteiger partial charge in [0.05, 0.1) is 6.04 Å². The second-order valence-electron chi connectivity index (χ2n) is 3.60. The van der Waals surface area contributed by atoms with E-state index in [0.29, 0.717) is 13.0 Å². The summed E-state index contributed by atoms with van der Waals surface area (Å²) in [4.78, 5) is 21.0. The Bertz CT molecular complexity index is 389. The fraction of sp³-hybridized carbons (Fsp3) is 0.273. The Morgan fingerprint density at radius 1 is 1.44 bits per heavy atom. The molecule has 1 heterocycles. The lowest BCUT2D eigenvalue weighted by atomic mass is 10.1. The van der Waals surface area contributed by atoms with Crippen LogP contribution in [0.1, 0.15) is 5.56 Å². The van der Waals surface area contributed by atoms with Gasteiger partial charge in [-0.05, 0) is 24.1 Å². The van der Waals surface area contributed by atoms with E-state index < -0.39 is 0 Å². The fourth-order valence-electron chi connectivity index (χ4n) is 1.63. The number of anilines is 1. The van der Waals surface area contributed by atoms with Crippen LogP contribution in [0.15, 0.2) is 24.3 Å². The van der Waals surface area contributed by atoms with Crippen molar-refractivity contribution in [3.8, 4) is 0 Å². The van der Waals surface area contributed by atoms with Crippen LogP contribution in [0.4, 0.5) is 10.5 Å². The molecule has 0 radical (unpaired) electrons. The molecule has 0 spiro atoms. The van der Waals surface area contributed by atoms with E-state index in [2.05, 4.69) is 10.6 Å². The van der Waals surface area contributed by atoms with Crippen molar-refractivity contribution in [2.45, 2.75) is 12.5 Å². The number of amides is 2. The molecule has 1 saturated heterocycles. The zero-order valence-corrected chi connectivity index (χ0v) is 8.60. The maximum absolute atomic E-state index is 10.8. The second-order valence-corrected chi connectivity index (χ2v) is 3.60. The summed E-state index contributed by atoms with van der Waals surface area (Å²) in [5.41, 5.74) is 1.85. The average Bonchev–Trinajstić information content (AvgIpc) is 2.67. The highest BCUT2D eigenvalue weighted by atomic mass is 16.6. The SMILES string of the molecule is O=CNc1ccc(CC2COC(=O)N2)cc1. The van der Waals surface area contributed by atoms with Crippen molar-refractivity contribution in [1.82, 2.24) is 5.32 Å². The third-order valence-corrected chi connectivity index (χ3v) is 2.40. The number of benzene rings is 1. The monoisotopic (exact) mass is 220 g/mol.